The van der Waals surface area contributed by atoms with Gasteiger partial charge in [0.15, 0.2) is 0 Å². The molecule has 1 aliphatic rings. The minimum atomic E-state index is -0.118. The Morgan fingerprint density at radius 3 is 2.86 bits per heavy atom. The van der Waals surface area contributed by atoms with Crippen molar-refractivity contribution in [1.29, 1.82) is 0 Å². The van der Waals surface area contributed by atoms with E-state index in [0.717, 1.165) is 19.5 Å². The minimum Gasteiger partial charge on any atom is -0.351 e. The van der Waals surface area contributed by atoms with Crippen LogP contribution >= 0.6 is 23.7 Å². The molecule has 1 aliphatic heterocycles. The van der Waals surface area contributed by atoms with Gasteiger partial charge >= 0.3 is 0 Å². The summed E-state index contributed by atoms with van der Waals surface area (Å²) >= 11 is 1.48. The first kappa shape index (κ1) is 17.9. The normalized spacial score (nSPS) is 21.0. The van der Waals surface area contributed by atoms with Crippen molar-refractivity contribution < 1.29 is 9.59 Å². The Bertz CT molecular complexity index is 481. The quantitative estimate of drug-likeness (QED) is 0.858. The second-order valence-electron chi connectivity index (χ2n) is 5.60. The zero-order valence-electron chi connectivity index (χ0n) is 12.1. The second kappa shape index (κ2) is 7.77. The van der Waals surface area contributed by atoms with E-state index in [1.54, 1.807) is 11.4 Å². The van der Waals surface area contributed by atoms with Crippen molar-refractivity contribution in [1.82, 2.24) is 10.2 Å². The molecule has 118 valence electrons. The van der Waals surface area contributed by atoms with Gasteiger partial charge in [-0.2, -0.15) is 11.3 Å². The van der Waals surface area contributed by atoms with E-state index in [2.05, 4.69) is 12.2 Å². The third-order valence-corrected chi connectivity index (χ3v) is 4.49. The van der Waals surface area contributed by atoms with Crippen LogP contribution < -0.4 is 11.1 Å². The molecule has 1 aromatic heterocycles. The van der Waals surface area contributed by atoms with Crippen molar-refractivity contribution in [2.75, 3.05) is 26.2 Å². The second-order valence-corrected chi connectivity index (χ2v) is 6.38. The lowest BCUT2D eigenvalue weighted by Gasteiger charge is -2.22. The molecule has 21 heavy (non-hydrogen) atoms. The number of hydrogen-bond donors (Lipinski definition) is 2. The molecular formula is C14H22ClN3O2S. The summed E-state index contributed by atoms with van der Waals surface area (Å²) in [5.41, 5.74) is 6.43. The SMILES string of the molecule is CC1(CN)CCN(C(=O)CCNC(=O)c2ccsc2)C1.Cl. The zero-order chi connectivity index (χ0) is 14.6. The van der Waals surface area contributed by atoms with Crippen molar-refractivity contribution in [3.8, 4) is 0 Å². The van der Waals surface area contributed by atoms with E-state index in [-0.39, 0.29) is 29.6 Å². The molecule has 2 rings (SSSR count). The number of carbonyl (C=O) groups is 2. The van der Waals surface area contributed by atoms with Crippen LogP contribution in [0.1, 0.15) is 30.1 Å². The number of thiophene rings is 1. The number of nitrogens with one attached hydrogen (secondary N) is 1. The molecule has 1 fully saturated rings. The Kier molecular flexibility index (Phi) is 6.64. The molecule has 1 aromatic rings. The summed E-state index contributed by atoms with van der Waals surface area (Å²) in [6.45, 7) is 4.58. The topological polar surface area (TPSA) is 75.4 Å². The molecule has 7 heteroatoms. The molecule has 1 atom stereocenters. The van der Waals surface area contributed by atoms with Crippen LogP contribution in [-0.2, 0) is 4.79 Å². The molecular weight excluding hydrogens is 310 g/mol. The smallest absolute Gasteiger partial charge is 0.252 e. The maximum absolute atomic E-state index is 12.1. The highest BCUT2D eigenvalue weighted by Crippen LogP contribution is 2.28. The van der Waals surface area contributed by atoms with Crippen molar-refractivity contribution >= 4 is 35.6 Å². The summed E-state index contributed by atoms with van der Waals surface area (Å²) in [4.78, 5) is 25.6. The van der Waals surface area contributed by atoms with Gasteiger partial charge in [-0.3, -0.25) is 9.59 Å². The van der Waals surface area contributed by atoms with E-state index in [9.17, 15) is 9.59 Å². The Morgan fingerprint density at radius 2 is 2.29 bits per heavy atom. The number of nitrogens with zero attached hydrogens (tertiary/aromatic N) is 1. The minimum absolute atomic E-state index is 0. The van der Waals surface area contributed by atoms with Crippen molar-refractivity contribution in [3.05, 3.63) is 22.4 Å². The molecule has 0 radical (unpaired) electrons. The first-order chi connectivity index (χ1) is 9.54. The predicted molar refractivity (Wildman–Crippen MR) is 86.9 cm³/mol. The molecule has 0 spiro atoms. The zero-order valence-corrected chi connectivity index (χ0v) is 13.8. The van der Waals surface area contributed by atoms with E-state index >= 15 is 0 Å². The van der Waals surface area contributed by atoms with Crippen LogP contribution in [0.15, 0.2) is 16.8 Å². The maximum Gasteiger partial charge on any atom is 0.252 e. The largest absolute Gasteiger partial charge is 0.351 e. The number of halogens is 1. The molecule has 1 saturated heterocycles. The van der Waals surface area contributed by atoms with Gasteiger partial charge in [0.1, 0.15) is 0 Å². The van der Waals surface area contributed by atoms with Crippen LogP contribution in [0, 0.1) is 5.41 Å². The first-order valence-electron chi connectivity index (χ1n) is 6.82. The highest BCUT2D eigenvalue weighted by atomic mass is 35.5. The standard InChI is InChI=1S/C14H21N3O2S.ClH/c1-14(9-15)4-6-17(10-14)12(18)2-5-16-13(19)11-3-7-20-8-11;/h3,7-8H,2,4-6,9-10,15H2,1H3,(H,16,19);1H. The lowest BCUT2D eigenvalue weighted by Crippen LogP contribution is -2.36. The van der Waals surface area contributed by atoms with Crippen molar-refractivity contribution in [2.24, 2.45) is 11.1 Å². The number of amides is 2. The van der Waals surface area contributed by atoms with E-state index < -0.39 is 0 Å². The molecule has 0 bridgehead atoms. The summed E-state index contributed by atoms with van der Waals surface area (Å²) in [6, 6.07) is 1.77. The first-order valence-corrected chi connectivity index (χ1v) is 7.77. The van der Waals surface area contributed by atoms with E-state index in [4.69, 9.17) is 5.73 Å². The summed E-state index contributed by atoms with van der Waals surface area (Å²) < 4.78 is 0. The van der Waals surface area contributed by atoms with E-state index in [0.29, 0.717) is 25.1 Å². The number of hydrogen-bond acceptors (Lipinski definition) is 4. The van der Waals surface area contributed by atoms with Gasteiger partial charge < -0.3 is 16.0 Å². The summed E-state index contributed by atoms with van der Waals surface area (Å²) in [5.74, 6) is -0.0277. The summed E-state index contributed by atoms with van der Waals surface area (Å²) in [5, 5.41) is 6.42. The Hall–Kier alpha value is -1.11. The van der Waals surface area contributed by atoms with Crippen LogP contribution in [-0.4, -0.2) is 42.9 Å². The molecule has 2 amide bonds. The molecule has 3 N–H and O–H groups in total. The maximum atomic E-state index is 12.1. The summed E-state index contributed by atoms with van der Waals surface area (Å²) in [6.07, 6.45) is 1.30. The van der Waals surface area contributed by atoms with Gasteiger partial charge in [-0.05, 0) is 29.8 Å². The van der Waals surface area contributed by atoms with Crippen LogP contribution in [0.25, 0.3) is 0 Å². The number of carbonyl (C=O) groups excluding carboxylic acids is 2. The molecule has 1 unspecified atom stereocenters. The molecule has 2 heterocycles. The van der Waals surface area contributed by atoms with E-state index in [1.165, 1.54) is 11.3 Å². The number of likely N-dealkylation sites (tertiary alicyclic amines) is 1. The Balaban J connectivity index is 0.00000220. The van der Waals surface area contributed by atoms with Gasteiger partial charge in [0.25, 0.3) is 5.91 Å². The van der Waals surface area contributed by atoms with Crippen LogP contribution in [0.4, 0.5) is 0 Å². The molecule has 0 saturated carbocycles. The van der Waals surface area contributed by atoms with Crippen molar-refractivity contribution in [3.63, 3.8) is 0 Å². The number of nitrogens with two attached hydrogens (primary N) is 1. The van der Waals surface area contributed by atoms with Crippen LogP contribution in [0.2, 0.25) is 0 Å². The van der Waals surface area contributed by atoms with Gasteiger partial charge in [0.2, 0.25) is 5.91 Å². The Labute approximate surface area is 135 Å². The molecule has 0 aliphatic carbocycles. The predicted octanol–water partition coefficient (Wildman–Crippen LogP) is 1.49. The van der Waals surface area contributed by atoms with Crippen LogP contribution in [0.3, 0.4) is 0 Å². The fraction of sp³-hybridized carbons (Fsp3) is 0.571. The monoisotopic (exact) mass is 331 g/mol. The van der Waals surface area contributed by atoms with Gasteiger partial charge in [-0.15, -0.1) is 12.4 Å². The third-order valence-electron chi connectivity index (χ3n) is 3.81. The van der Waals surface area contributed by atoms with Crippen LogP contribution in [0.5, 0.6) is 0 Å². The summed E-state index contributed by atoms with van der Waals surface area (Å²) in [7, 11) is 0. The van der Waals surface area contributed by atoms with Gasteiger partial charge in [0, 0.05) is 37.0 Å². The Morgan fingerprint density at radius 1 is 1.52 bits per heavy atom. The highest BCUT2D eigenvalue weighted by molar-refractivity contribution is 7.08. The third kappa shape index (κ3) is 4.69. The average Bonchev–Trinajstić information content (AvgIpc) is 3.08. The molecule has 5 nitrogen and oxygen atoms in total. The molecule has 0 aromatic carbocycles. The number of rotatable bonds is 5. The average molecular weight is 332 g/mol. The fourth-order valence-electron chi connectivity index (χ4n) is 2.34. The van der Waals surface area contributed by atoms with E-state index in [1.807, 2.05) is 10.3 Å². The van der Waals surface area contributed by atoms with Crippen molar-refractivity contribution in [2.45, 2.75) is 19.8 Å². The van der Waals surface area contributed by atoms with Gasteiger partial charge in [0.05, 0.1) is 0 Å². The van der Waals surface area contributed by atoms with Gasteiger partial charge in [-0.1, -0.05) is 6.92 Å². The lowest BCUT2D eigenvalue weighted by atomic mass is 9.90. The lowest BCUT2D eigenvalue weighted by molar-refractivity contribution is -0.130. The highest BCUT2D eigenvalue weighted by Gasteiger charge is 2.34. The van der Waals surface area contributed by atoms with Gasteiger partial charge in [-0.25, -0.2) is 0 Å². The fourth-order valence-corrected chi connectivity index (χ4v) is 2.98.